The number of benzene rings is 1. The number of methoxy groups -OCH3 is 1. The van der Waals surface area contributed by atoms with Gasteiger partial charge in [-0.1, -0.05) is 22.9 Å². The van der Waals surface area contributed by atoms with Gasteiger partial charge in [0.2, 0.25) is 0 Å². The molecule has 0 heterocycles. The molecule has 3 heteroatoms. The van der Waals surface area contributed by atoms with Crippen LogP contribution in [0.5, 0.6) is 5.75 Å². The van der Waals surface area contributed by atoms with Crippen LogP contribution in [0.2, 0.25) is 0 Å². The molecule has 0 saturated carbocycles. The molecule has 0 aliphatic carbocycles. The molecule has 2 N–H and O–H groups in total. The Balaban J connectivity index is 3.29. The maximum absolute atomic E-state index is 5.62. The third-order valence-corrected chi connectivity index (χ3v) is 4.23. The molecular weight excluding hydrogens is 266 g/mol. The zero-order valence-corrected chi connectivity index (χ0v) is 12.0. The van der Waals surface area contributed by atoms with Gasteiger partial charge in [0.25, 0.3) is 0 Å². The summed E-state index contributed by atoms with van der Waals surface area (Å²) in [5.74, 6) is 1.40. The molecule has 1 aromatic rings. The molecule has 0 aliphatic rings. The van der Waals surface area contributed by atoms with Crippen molar-refractivity contribution in [2.45, 2.75) is 33.1 Å². The van der Waals surface area contributed by atoms with Crippen molar-refractivity contribution in [2.75, 3.05) is 13.7 Å². The number of rotatable bonds is 4. The van der Waals surface area contributed by atoms with Crippen LogP contribution in [0.15, 0.2) is 10.5 Å². The van der Waals surface area contributed by atoms with Gasteiger partial charge in [0.1, 0.15) is 5.75 Å². The Kier molecular flexibility index (Phi) is 4.81. The van der Waals surface area contributed by atoms with Gasteiger partial charge in [0, 0.05) is 10.0 Å². The Morgan fingerprint density at radius 3 is 2.56 bits per heavy atom. The van der Waals surface area contributed by atoms with Crippen LogP contribution in [-0.4, -0.2) is 13.7 Å². The predicted molar refractivity (Wildman–Crippen MR) is 72.3 cm³/mol. The molecule has 0 spiro atoms. The predicted octanol–water partition coefficient (Wildman–Crippen LogP) is 3.53. The van der Waals surface area contributed by atoms with E-state index < -0.39 is 0 Å². The smallest absolute Gasteiger partial charge is 0.122 e. The van der Waals surface area contributed by atoms with Crippen molar-refractivity contribution in [3.8, 4) is 5.75 Å². The van der Waals surface area contributed by atoms with Crippen LogP contribution in [0.3, 0.4) is 0 Å². The lowest BCUT2D eigenvalue weighted by Gasteiger charge is -2.20. The molecule has 0 radical (unpaired) electrons. The van der Waals surface area contributed by atoms with E-state index in [1.54, 1.807) is 7.11 Å². The summed E-state index contributed by atoms with van der Waals surface area (Å²) in [5.41, 5.74) is 9.36. The van der Waals surface area contributed by atoms with E-state index in [-0.39, 0.29) is 0 Å². The van der Waals surface area contributed by atoms with Crippen LogP contribution in [-0.2, 0) is 0 Å². The Hall–Kier alpha value is -0.540. The number of ether oxygens (including phenoxy) is 1. The third-order valence-electron chi connectivity index (χ3n) is 3.00. The third kappa shape index (κ3) is 2.58. The molecule has 2 nitrogen and oxygen atoms in total. The fourth-order valence-electron chi connectivity index (χ4n) is 2.11. The maximum atomic E-state index is 5.62. The highest BCUT2D eigenvalue weighted by Gasteiger charge is 2.17. The summed E-state index contributed by atoms with van der Waals surface area (Å²) in [5, 5.41) is 0. The van der Waals surface area contributed by atoms with Crippen molar-refractivity contribution in [3.63, 3.8) is 0 Å². The van der Waals surface area contributed by atoms with Gasteiger partial charge in [-0.25, -0.2) is 0 Å². The molecular formula is C13H20BrNO. The van der Waals surface area contributed by atoms with Crippen molar-refractivity contribution in [1.82, 2.24) is 0 Å². The summed E-state index contributed by atoms with van der Waals surface area (Å²) >= 11 is 3.63. The van der Waals surface area contributed by atoms with Crippen LogP contribution < -0.4 is 10.5 Å². The number of nitrogens with two attached hydrogens (primary N) is 1. The molecule has 0 saturated heterocycles. The van der Waals surface area contributed by atoms with Crippen molar-refractivity contribution < 1.29 is 4.74 Å². The second kappa shape index (κ2) is 5.69. The molecule has 0 fully saturated rings. The van der Waals surface area contributed by atoms with Crippen LogP contribution in [0.1, 0.15) is 36.0 Å². The first kappa shape index (κ1) is 13.5. The topological polar surface area (TPSA) is 35.2 Å². The number of aryl methyl sites for hydroxylation is 1. The molecule has 90 valence electrons. The first-order chi connectivity index (χ1) is 7.52. The lowest BCUT2D eigenvalue weighted by Crippen LogP contribution is -2.08. The summed E-state index contributed by atoms with van der Waals surface area (Å²) in [6.45, 7) is 7.10. The van der Waals surface area contributed by atoms with Crippen LogP contribution >= 0.6 is 15.9 Å². The monoisotopic (exact) mass is 285 g/mol. The average Bonchev–Trinajstić information content (AvgIpc) is 2.25. The molecule has 0 aliphatic heterocycles. The SMILES string of the molecule is COc1cc(C)c(Br)c(C)c1C(C)CCN. The number of hydrogen-bond acceptors (Lipinski definition) is 2. The summed E-state index contributed by atoms with van der Waals surface area (Å²) in [6, 6.07) is 2.08. The van der Waals surface area contributed by atoms with E-state index in [1.807, 2.05) is 0 Å². The van der Waals surface area contributed by atoms with Gasteiger partial charge in [-0.05, 0) is 49.9 Å². The molecule has 1 aromatic carbocycles. The molecule has 0 bridgehead atoms. The molecule has 0 amide bonds. The lowest BCUT2D eigenvalue weighted by molar-refractivity contribution is 0.404. The standard InChI is InChI=1S/C13H20BrNO/c1-8(5-6-15)12-10(3)13(14)9(2)7-11(12)16-4/h7-8H,5-6,15H2,1-4H3. The van der Waals surface area contributed by atoms with Gasteiger partial charge in [0.15, 0.2) is 0 Å². The van der Waals surface area contributed by atoms with Crippen molar-refractivity contribution in [2.24, 2.45) is 5.73 Å². The normalized spacial score (nSPS) is 12.6. The first-order valence-corrected chi connectivity index (χ1v) is 6.35. The Morgan fingerprint density at radius 2 is 2.06 bits per heavy atom. The molecule has 1 rings (SSSR count). The van der Waals surface area contributed by atoms with E-state index in [0.29, 0.717) is 12.5 Å². The second-order valence-electron chi connectivity index (χ2n) is 4.23. The minimum Gasteiger partial charge on any atom is -0.496 e. The number of halogens is 1. The van der Waals surface area contributed by atoms with Gasteiger partial charge < -0.3 is 10.5 Å². The van der Waals surface area contributed by atoms with E-state index in [4.69, 9.17) is 10.5 Å². The van der Waals surface area contributed by atoms with Crippen molar-refractivity contribution in [1.29, 1.82) is 0 Å². The van der Waals surface area contributed by atoms with Crippen LogP contribution in [0.4, 0.5) is 0 Å². The van der Waals surface area contributed by atoms with E-state index in [2.05, 4.69) is 42.8 Å². The van der Waals surface area contributed by atoms with E-state index in [9.17, 15) is 0 Å². The van der Waals surface area contributed by atoms with Crippen LogP contribution in [0.25, 0.3) is 0 Å². The van der Waals surface area contributed by atoms with E-state index >= 15 is 0 Å². The molecule has 0 aromatic heterocycles. The summed E-state index contributed by atoms with van der Waals surface area (Å²) in [4.78, 5) is 0. The Labute approximate surface area is 106 Å². The quantitative estimate of drug-likeness (QED) is 0.919. The second-order valence-corrected chi connectivity index (χ2v) is 5.02. The van der Waals surface area contributed by atoms with Gasteiger partial charge >= 0.3 is 0 Å². The maximum Gasteiger partial charge on any atom is 0.122 e. The minimum atomic E-state index is 0.428. The minimum absolute atomic E-state index is 0.428. The highest BCUT2D eigenvalue weighted by Crippen LogP contribution is 2.37. The van der Waals surface area contributed by atoms with Crippen molar-refractivity contribution >= 4 is 15.9 Å². The van der Waals surface area contributed by atoms with Gasteiger partial charge in [0.05, 0.1) is 7.11 Å². The summed E-state index contributed by atoms with van der Waals surface area (Å²) in [7, 11) is 1.72. The zero-order chi connectivity index (χ0) is 12.3. The van der Waals surface area contributed by atoms with Crippen LogP contribution in [0, 0.1) is 13.8 Å². The summed E-state index contributed by atoms with van der Waals surface area (Å²) < 4.78 is 6.64. The molecule has 16 heavy (non-hydrogen) atoms. The summed E-state index contributed by atoms with van der Waals surface area (Å²) in [6.07, 6.45) is 0.979. The van der Waals surface area contributed by atoms with Gasteiger partial charge in [-0.3, -0.25) is 0 Å². The first-order valence-electron chi connectivity index (χ1n) is 5.56. The Morgan fingerprint density at radius 1 is 1.44 bits per heavy atom. The highest BCUT2D eigenvalue weighted by molar-refractivity contribution is 9.10. The fraction of sp³-hybridized carbons (Fsp3) is 0.538. The van der Waals surface area contributed by atoms with Gasteiger partial charge in [-0.2, -0.15) is 0 Å². The average molecular weight is 286 g/mol. The lowest BCUT2D eigenvalue weighted by atomic mass is 9.91. The fourth-order valence-corrected chi connectivity index (χ4v) is 2.44. The molecule has 1 atom stereocenters. The largest absolute Gasteiger partial charge is 0.496 e. The zero-order valence-electron chi connectivity index (χ0n) is 10.4. The van der Waals surface area contributed by atoms with Crippen molar-refractivity contribution in [3.05, 3.63) is 27.2 Å². The number of hydrogen-bond donors (Lipinski definition) is 1. The molecule has 1 unspecified atom stereocenters. The highest BCUT2D eigenvalue weighted by atomic mass is 79.9. The van der Waals surface area contributed by atoms with E-state index in [0.717, 1.165) is 12.2 Å². The van der Waals surface area contributed by atoms with Gasteiger partial charge in [-0.15, -0.1) is 0 Å². The van der Waals surface area contributed by atoms with E-state index in [1.165, 1.54) is 21.2 Å². The Bertz CT molecular complexity index is 377.